The van der Waals surface area contributed by atoms with Gasteiger partial charge in [-0.1, -0.05) is 0 Å². The first-order valence-corrected chi connectivity index (χ1v) is 11.1. The first-order valence-electron chi connectivity index (χ1n) is 9.43. The summed E-state index contributed by atoms with van der Waals surface area (Å²) >= 11 is 0. The molecule has 0 atom stereocenters. The van der Waals surface area contributed by atoms with Gasteiger partial charge >= 0.3 is 29.6 Å². The quantitative estimate of drug-likeness (QED) is 0.394. The SMILES string of the molecule is Cc1cc(C(=O)C2C(=O)CCCC2=O)c(C)c2c1S(=O)(=O)CCC21OCCO1.[NaH]. The number of aryl methyl sites for hydroxylation is 1. The zero-order chi connectivity index (χ0) is 20.3. The Morgan fingerprint density at radius 1 is 1.10 bits per heavy atom. The number of sulfone groups is 1. The van der Waals surface area contributed by atoms with Gasteiger partial charge in [0.2, 0.25) is 0 Å². The van der Waals surface area contributed by atoms with Gasteiger partial charge in [0.25, 0.3) is 0 Å². The Kier molecular flexibility index (Phi) is 6.27. The zero-order valence-corrected chi connectivity index (χ0v) is 16.7. The summed E-state index contributed by atoms with van der Waals surface area (Å²) in [5.41, 5.74) is 1.34. The molecule has 1 aromatic rings. The van der Waals surface area contributed by atoms with Gasteiger partial charge in [0.05, 0.1) is 23.9 Å². The Balaban J connectivity index is 0.00000240. The standard InChI is InChI=1S/C20H22O7S.Na.H/c1-11-10-13(18(23)16-14(21)4-3-5-15(16)22)12(2)17-19(11)28(24,25)9-6-20(17)26-7-8-27-20;;/h10,16H,3-9H2,1-2H3;;. The van der Waals surface area contributed by atoms with Crippen molar-refractivity contribution in [3.63, 3.8) is 0 Å². The number of fused-ring (bicyclic) bond motifs is 2. The van der Waals surface area contributed by atoms with Crippen LogP contribution in [0, 0.1) is 19.8 Å². The van der Waals surface area contributed by atoms with E-state index >= 15 is 0 Å². The van der Waals surface area contributed by atoms with Crippen molar-refractivity contribution in [2.24, 2.45) is 5.92 Å². The molecule has 2 aliphatic heterocycles. The third-order valence-corrected chi connectivity index (χ3v) is 7.78. The summed E-state index contributed by atoms with van der Waals surface area (Å²) in [6, 6.07) is 1.48. The average Bonchev–Trinajstić information content (AvgIpc) is 3.09. The predicted molar refractivity (Wildman–Crippen MR) is 105 cm³/mol. The number of rotatable bonds is 2. The van der Waals surface area contributed by atoms with Crippen molar-refractivity contribution in [1.29, 1.82) is 0 Å². The van der Waals surface area contributed by atoms with Crippen molar-refractivity contribution in [2.45, 2.75) is 50.2 Å². The predicted octanol–water partition coefficient (Wildman–Crippen LogP) is 1.15. The van der Waals surface area contributed by atoms with E-state index in [0.717, 1.165) is 0 Å². The van der Waals surface area contributed by atoms with Gasteiger partial charge in [0.15, 0.2) is 33.0 Å². The number of ether oxygens (including phenoxy) is 2. The van der Waals surface area contributed by atoms with Crippen molar-refractivity contribution in [1.82, 2.24) is 0 Å². The first-order chi connectivity index (χ1) is 13.2. The number of Topliss-reactive ketones (excluding diaryl/α,β-unsaturated/α-hetero) is 3. The summed E-state index contributed by atoms with van der Waals surface area (Å²) in [6.07, 6.45) is 1.01. The molecule has 1 saturated carbocycles. The first kappa shape index (κ1) is 22.8. The van der Waals surface area contributed by atoms with Crippen LogP contribution in [0.25, 0.3) is 0 Å². The topological polar surface area (TPSA) is 104 Å². The number of carbonyl (C=O) groups is 3. The van der Waals surface area contributed by atoms with Crippen LogP contribution in [0.3, 0.4) is 0 Å². The summed E-state index contributed by atoms with van der Waals surface area (Å²) in [5.74, 6) is -3.90. The molecule has 3 aliphatic rings. The number of ketones is 3. The van der Waals surface area contributed by atoms with Crippen molar-refractivity contribution in [2.75, 3.05) is 19.0 Å². The van der Waals surface area contributed by atoms with Crippen LogP contribution in [0.15, 0.2) is 11.0 Å². The molecule has 1 saturated heterocycles. The van der Waals surface area contributed by atoms with Crippen LogP contribution in [-0.2, 0) is 34.7 Å². The minimum absolute atomic E-state index is 0. The van der Waals surface area contributed by atoms with Crippen molar-refractivity contribution in [3.8, 4) is 0 Å². The van der Waals surface area contributed by atoms with Crippen LogP contribution < -0.4 is 0 Å². The zero-order valence-electron chi connectivity index (χ0n) is 15.9. The molecule has 0 N–H and O–H groups in total. The van der Waals surface area contributed by atoms with E-state index in [1.54, 1.807) is 13.8 Å². The molecule has 0 aromatic heterocycles. The molecule has 1 spiro atoms. The molecule has 0 amide bonds. The van der Waals surface area contributed by atoms with E-state index in [9.17, 15) is 22.8 Å². The molecule has 7 nitrogen and oxygen atoms in total. The number of hydrogen-bond donors (Lipinski definition) is 0. The van der Waals surface area contributed by atoms with Crippen LogP contribution >= 0.6 is 0 Å². The van der Waals surface area contributed by atoms with E-state index in [1.165, 1.54) is 6.07 Å². The van der Waals surface area contributed by atoms with E-state index in [-0.39, 0.29) is 76.6 Å². The molecule has 152 valence electrons. The molecule has 2 fully saturated rings. The van der Waals surface area contributed by atoms with Gasteiger partial charge in [-0.05, 0) is 37.5 Å². The monoisotopic (exact) mass is 430 g/mol. The fourth-order valence-corrected chi connectivity index (χ4v) is 6.51. The minimum atomic E-state index is -3.55. The summed E-state index contributed by atoms with van der Waals surface area (Å²) in [5, 5.41) is 0. The average molecular weight is 430 g/mol. The van der Waals surface area contributed by atoms with Crippen molar-refractivity contribution >= 4 is 56.7 Å². The molecule has 0 bridgehead atoms. The summed E-state index contributed by atoms with van der Waals surface area (Å²) in [4.78, 5) is 37.8. The van der Waals surface area contributed by atoms with E-state index in [0.29, 0.717) is 36.3 Å². The molecule has 4 rings (SSSR count). The Labute approximate surface area is 191 Å². The van der Waals surface area contributed by atoms with Crippen LogP contribution in [0.1, 0.15) is 52.7 Å². The van der Waals surface area contributed by atoms with Gasteiger partial charge < -0.3 is 9.47 Å². The van der Waals surface area contributed by atoms with E-state index in [2.05, 4.69) is 0 Å². The van der Waals surface area contributed by atoms with Crippen LogP contribution in [0.4, 0.5) is 0 Å². The molecular formula is C20H23NaO7S. The van der Waals surface area contributed by atoms with Crippen molar-refractivity contribution in [3.05, 3.63) is 28.3 Å². The van der Waals surface area contributed by atoms with E-state index in [1.807, 2.05) is 0 Å². The number of carbonyl (C=O) groups excluding carboxylic acids is 3. The third-order valence-electron chi connectivity index (χ3n) is 5.89. The normalized spacial score (nSPS) is 23.0. The molecule has 9 heteroatoms. The van der Waals surface area contributed by atoms with E-state index in [4.69, 9.17) is 9.47 Å². The summed E-state index contributed by atoms with van der Waals surface area (Å²) in [7, 11) is -3.55. The molecule has 29 heavy (non-hydrogen) atoms. The Bertz CT molecular complexity index is 990. The Morgan fingerprint density at radius 3 is 2.28 bits per heavy atom. The van der Waals surface area contributed by atoms with Crippen LogP contribution in [0.5, 0.6) is 0 Å². The molecular weight excluding hydrogens is 407 g/mol. The maximum absolute atomic E-state index is 13.2. The molecule has 0 unspecified atom stereocenters. The molecule has 2 heterocycles. The Hall–Kier alpha value is -0.900. The second-order valence-corrected chi connectivity index (χ2v) is 9.72. The molecule has 1 aromatic carbocycles. The molecule has 0 radical (unpaired) electrons. The molecule has 1 aliphatic carbocycles. The van der Waals surface area contributed by atoms with Gasteiger partial charge in [0.1, 0.15) is 5.92 Å². The fraction of sp³-hybridized carbons (Fsp3) is 0.550. The van der Waals surface area contributed by atoms with Gasteiger partial charge in [-0.15, -0.1) is 0 Å². The van der Waals surface area contributed by atoms with Gasteiger partial charge in [0, 0.05) is 30.4 Å². The second-order valence-electron chi connectivity index (χ2n) is 7.67. The van der Waals surface area contributed by atoms with Crippen molar-refractivity contribution < 1.29 is 32.3 Å². The summed E-state index contributed by atoms with van der Waals surface area (Å²) in [6.45, 7) is 3.91. The number of benzene rings is 1. The van der Waals surface area contributed by atoms with Gasteiger partial charge in [-0.3, -0.25) is 14.4 Å². The Morgan fingerprint density at radius 2 is 1.69 bits per heavy atom. The van der Waals surface area contributed by atoms with Gasteiger partial charge in [-0.25, -0.2) is 8.42 Å². The van der Waals surface area contributed by atoms with E-state index < -0.39 is 27.3 Å². The van der Waals surface area contributed by atoms with Crippen LogP contribution in [0.2, 0.25) is 0 Å². The van der Waals surface area contributed by atoms with Gasteiger partial charge in [-0.2, -0.15) is 0 Å². The fourth-order valence-electron chi connectivity index (χ4n) is 4.60. The maximum atomic E-state index is 13.2. The second kappa shape index (κ2) is 7.98. The van der Waals surface area contributed by atoms with Crippen LogP contribution in [-0.4, -0.2) is 74.3 Å². The number of hydrogen-bond acceptors (Lipinski definition) is 7. The third kappa shape index (κ3) is 3.58. The summed E-state index contributed by atoms with van der Waals surface area (Å²) < 4.78 is 37.2.